The molecule has 1 aromatic carbocycles. The molecule has 0 unspecified atom stereocenters. The monoisotopic (exact) mass is 204 g/mol. The van der Waals surface area contributed by atoms with Crippen LogP contribution in [0, 0.1) is 0 Å². The Kier molecular flexibility index (Phi) is 2.43. The zero-order valence-corrected chi connectivity index (χ0v) is 8.16. The number of rotatable bonds is 1. The van der Waals surface area contributed by atoms with Crippen LogP contribution in [0.15, 0.2) is 18.2 Å². The van der Waals surface area contributed by atoms with Gasteiger partial charge in [0.2, 0.25) is 0 Å². The molecule has 1 amide bonds. The predicted octanol–water partition coefficient (Wildman–Crippen LogP) is 0.955. The number of amides is 1. The van der Waals surface area contributed by atoms with Crippen LogP contribution in [0.2, 0.25) is 0 Å². The van der Waals surface area contributed by atoms with E-state index in [0.29, 0.717) is 0 Å². The third kappa shape index (κ3) is 1.71. The highest BCUT2D eigenvalue weighted by Crippen LogP contribution is 2.27. The first kappa shape index (κ1) is 9.73. The topological polar surface area (TPSA) is 75.3 Å². The standard InChI is InChI=1S/C11H12N2O2/c12-13-11(15)9-5-7-3-1-2-4-8(7)6-10(9)14/h1,3,5-6,14H,2,4,12H2,(H,13,15). The van der Waals surface area contributed by atoms with Gasteiger partial charge in [-0.05, 0) is 36.1 Å². The van der Waals surface area contributed by atoms with E-state index in [2.05, 4.69) is 0 Å². The molecule has 1 aromatic rings. The van der Waals surface area contributed by atoms with E-state index in [1.807, 2.05) is 17.6 Å². The number of nitrogens with one attached hydrogen (secondary N) is 1. The number of phenols is 1. The van der Waals surface area contributed by atoms with Crippen LogP contribution in [0.1, 0.15) is 27.9 Å². The zero-order valence-electron chi connectivity index (χ0n) is 8.16. The Balaban J connectivity index is 2.51. The van der Waals surface area contributed by atoms with Crippen LogP contribution >= 0.6 is 0 Å². The third-order valence-electron chi connectivity index (χ3n) is 2.51. The summed E-state index contributed by atoms with van der Waals surface area (Å²) in [6, 6.07) is 3.28. The van der Waals surface area contributed by atoms with Gasteiger partial charge in [-0.25, -0.2) is 5.84 Å². The van der Waals surface area contributed by atoms with Crippen LogP contribution in [0.4, 0.5) is 0 Å². The molecule has 0 saturated heterocycles. The summed E-state index contributed by atoms with van der Waals surface area (Å²) in [5.74, 6) is 4.52. The van der Waals surface area contributed by atoms with E-state index in [9.17, 15) is 9.90 Å². The van der Waals surface area contributed by atoms with Crippen molar-refractivity contribution in [2.45, 2.75) is 12.8 Å². The van der Waals surface area contributed by atoms with Crippen molar-refractivity contribution in [2.75, 3.05) is 0 Å². The van der Waals surface area contributed by atoms with Crippen molar-refractivity contribution in [3.8, 4) is 5.75 Å². The molecule has 78 valence electrons. The quantitative estimate of drug-likeness (QED) is 0.362. The number of nitrogens with two attached hydrogens (primary N) is 1. The van der Waals surface area contributed by atoms with Gasteiger partial charge in [-0.15, -0.1) is 0 Å². The fourth-order valence-electron chi connectivity index (χ4n) is 1.73. The lowest BCUT2D eigenvalue weighted by Gasteiger charge is -2.12. The Hall–Kier alpha value is -1.81. The predicted molar refractivity (Wildman–Crippen MR) is 57.1 cm³/mol. The van der Waals surface area contributed by atoms with Gasteiger partial charge >= 0.3 is 0 Å². The summed E-state index contributed by atoms with van der Waals surface area (Å²) in [4.78, 5) is 11.3. The minimum absolute atomic E-state index is 0.0213. The molecule has 0 radical (unpaired) electrons. The van der Waals surface area contributed by atoms with Crippen molar-refractivity contribution in [1.29, 1.82) is 0 Å². The zero-order chi connectivity index (χ0) is 10.8. The number of nitrogen functional groups attached to an aromatic ring is 1. The summed E-state index contributed by atoms with van der Waals surface area (Å²) in [5.41, 5.74) is 4.25. The molecule has 4 N–H and O–H groups in total. The Morgan fingerprint density at radius 1 is 1.47 bits per heavy atom. The highest BCUT2D eigenvalue weighted by atomic mass is 16.3. The number of carbonyl (C=O) groups excluding carboxylic acids is 1. The molecule has 4 heteroatoms. The van der Waals surface area contributed by atoms with Crippen LogP contribution in [-0.4, -0.2) is 11.0 Å². The van der Waals surface area contributed by atoms with E-state index in [1.165, 1.54) is 0 Å². The average Bonchev–Trinajstić information content (AvgIpc) is 2.27. The molecule has 15 heavy (non-hydrogen) atoms. The molecule has 2 rings (SSSR count). The summed E-state index contributed by atoms with van der Waals surface area (Å²) in [6.07, 6.45) is 5.86. The van der Waals surface area contributed by atoms with E-state index in [1.54, 1.807) is 12.1 Å². The molecule has 0 bridgehead atoms. The van der Waals surface area contributed by atoms with Crippen LogP contribution in [0.25, 0.3) is 6.08 Å². The van der Waals surface area contributed by atoms with Crippen LogP contribution in [0.5, 0.6) is 5.75 Å². The van der Waals surface area contributed by atoms with Crippen molar-refractivity contribution >= 4 is 12.0 Å². The molecule has 1 aliphatic carbocycles. The maximum absolute atomic E-state index is 11.3. The van der Waals surface area contributed by atoms with Crippen molar-refractivity contribution in [1.82, 2.24) is 5.43 Å². The lowest BCUT2D eigenvalue weighted by molar-refractivity contribution is 0.0951. The average molecular weight is 204 g/mol. The maximum atomic E-state index is 11.3. The van der Waals surface area contributed by atoms with Crippen molar-refractivity contribution in [3.05, 3.63) is 34.9 Å². The van der Waals surface area contributed by atoms with Gasteiger partial charge in [-0.1, -0.05) is 12.2 Å². The minimum Gasteiger partial charge on any atom is -0.507 e. The van der Waals surface area contributed by atoms with E-state index < -0.39 is 5.91 Å². The smallest absolute Gasteiger partial charge is 0.268 e. The molecule has 0 saturated carbocycles. The normalized spacial score (nSPS) is 13.4. The molecule has 4 nitrogen and oxygen atoms in total. The van der Waals surface area contributed by atoms with Gasteiger partial charge in [0.05, 0.1) is 5.56 Å². The van der Waals surface area contributed by atoms with Crippen LogP contribution in [-0.2, 0) is 6.42 Å². The van der Waals surface area contributed by atoms with Gasteiger partial charge in [0, 0.05) is 0 Å². The molecule has 0 fully saturated rings. The first-order valence-electron chi connectivity index (χ1n) is 4.75. The SMILES string of the molecule is NNC(=O)c1cc2c(cc1O)CCC=C2. The van der Waals surface area contributed by atoms with Gasteiger partial charge in [0.25, 0.3) is 5.91 Å². The fraction of sp³-hybridized carbons (Fsp3) is 0.182. The molecule has 1 aliphatic rings. The second-order valence-electron chi connectivity index (χ2n) is 3.48. The highest BCUT2D eigenvalue weighted by Gasteiger charge is 2.14. The Morgan fingerprint density at radius 2 is 2.27 bits per heavy atom. The van der Waals surface area contributed by atoms with Gasteiger partial charge in [-0.3, -0.25) is 10.2 Å². The first-order chi connectivity index (χ1) is 7.22. The number of hydrazine groups is 1. The van der Waals surface area contributed by atoms with Gasteiger partial charge < -0.3 is 5.11 Å². The van der Waals surface area contributed by atoms with Crippen molar-refractivity contribution in [3.63, 3.8) is 0 Å². The largest absolute Gasteiger partial charge is 0.507 e. The van der Waals surface area contributed by atoms with Gasteiger partial charge in [0.15, 0.2) is 0 Å². The number of phenolic OH excluding ortho intramolecular Hbond substituents is 1. The summed E-state index contributed by atoms with van der Waals surface area (Å²) in [5, 5.41) is 9.63. The third-order valence-corrected chi connectivity index (χ3v) is 2.51. The molecule has 0 spiro atoms. The number of hydrogen-bond acceptors (Lipinski definition) is 3. The van der Waals surface area contributed by atoms with Crippen molar-refractivity contribution in [2.24, 2.45) is 5.84 Å². The van der Waals surface area contributed by atoms with Crippen molar-refractivity contribution < 1.29 is 9.90 Å². The minimum atomic E-state index is -0.478. The number of aromatic hydroxyl groups is 1. The lowest BCUT2D eigenvalue weighted by Crippen LogP contribution is -2.30. The maximum Gasteiger partial charge on any atom is 0.268 e. The summed E-state index contributed by atoms with van der Waals surface area (Å²) >= 11 is 0. The summed E-state index contributed by atoms with van der Waals surface area (Å²) in [6.45, 7) is 0. The molecular formula is C11H12N2O2. The molecule has 0 atom stereocenters. The Morgan fingerprint density at radius 3 is 3.00 bits per heavy atom. The van der Waals surface area contributed by atoms with E-state index in [0.717, 1.165) is 24.0 Å². The number of allylic oxidation sites excluding steroid dienone is 1. The first-order valence-corrected chi connectivity index (χ1v) is 4.75. The summed E-state index contributed by atoms with van der Waals surface area (Å²) < 4.78 is 0. The number of carbonyl (C=O) groups is 1. The highest BCUT2D eigenvalue weighted by molar-refractivity contribution is 5.97. The van der Waals surface area contributed by atoms with Gasteiger partial charge in [0.1, 0.15) is 5.75 Å². The lowest BCUT2D eigenvalue weighted by atomic mass is 9.95. The van der Waals surface area contributed by atoms with Crippen LogP contribution < -0.4 is 11.3 Å². The second kappa shape index (κ2) is 3.74. The van der Waals surface area contributed by atoms with E-state index in [-0.39, 0.29) is 11.3 Å². The van der Waals surface area contributed by atoms with Crippen LogP contribution in [0.3, 0.4) is 0 Å². The van der Waals surface area contributed by atoms with E-state index in [4.69, 9.17) is 5.84 Å². The molecule has 0 heterocycles. The Labute approximate surface area is 87.4 Å². The second-order valence-corrected chi connectivity index (χ2v) is 3.48. The van der Waals surface area contributed by atoms with E-state index >= 15 is 0 Å². The molecular weight excluding hydrogens is 192 g/mol. The summed E-state index contributed by atoms with van der Waals surface area (Å²) in [7, 11) is 0. The molecule has 0 aromatic heterocycles. The number of benzene rings is 1. The number of fused-ring (bicyclic) bond motifs is 1. The Bertz CT molecular complexity index is 438. The van der Waals surface area contributed by atoms with Gasteiger partial charge in [-0.2, -0.15) is 0 Å². The molecule has 0 aliphatic heterocycles. The number of hydrogen-bond donors (Lipinski definition) is 3. The number of aryl methyl sites for hydroxylation is 1. The fourth-order valence-corrected chi connectivity index (χ4v) is 1.73.